The van der Waals surface area contributed by atoms with Gasteiger partial charge in [0.15, 0.2) is 0 Å². The number of hydrogen-bond donors (Lipinski definition) is 3. The summed E-state index contributed by atoms with van der Waals surface area (Å²) < 4.78 is 12.8. The van der Waals surface area contributed by atoms with Crippen molar-refractivity contribution in [3.63, 3.8) is 0 Å². The van der Waals surface area contributed by atoms with Crippen LogP contribution in [0.5, 0.6) is 0 Å². The van der Waals surface area contributed by atoms with Crippen LogP contribution in [0.2, 0.25) is 0 Å². The lowest BCUT2D eigenvalue weighted by Crippen LogP contribution is -2.52. The van der Waals surface area contributed by atoms with Gasteiger partial charge in [-0.3, -0.25) is 4.79 Å². The summed E-state index contributed by atoms with van der Waals surface area (Å²) in [5, 5.41) is 12.6. The Labute approximate surface area is 111 Å². The number of rotatable bonds is 4. The number of hydrogen-bond acceptors (Lipinski definition) is 3. The molecule has 1 aliphatic rings. The maximum absolute atomic E-state index is 12.8. The summed E-state index contributed by atoms with van der Waals surface area (Å²) >= 11 is 0. The molecule has 1 saturated carbocycles. The Morgan fingerprint density at radius 2 is 1.95 bits per heavy atom. The SMILES string of the molecule is NC1(C(=O)NCC(O)c2ccc(F)cc2)CCCC1. The summed E-state index contributed by atoms with van der Waals surface area (Å²) in [4.78, 5) is 11.9. The lowest BCUT2D eigenvalue weighted by atomic mass is 9.98. The topological polar surface area (TPSA) is 75.4 Å². The van der Waals surface area contributed by atoms with E-state index < -0.39 is 11.6 Å². The van der Waals surface area contributed by atoms with Crippen LogP contribution < -0.4 is 11.1 Å². The van der Waals surface area contributed by atoms with Gasteiger partial charge in [-0.05, 0) is 30.5 Å². The Balaban J connectivity index is 1.88. The number of halogens is 1. The molecule has 2 rings (SSSR count). The second-order valence-electron chi connectivity index (χ2n) is 5.14. The van der Waals surface area contributed by atoms with E-state index in [-0.39, 0.29) is 18.3 Å². The van der Waals surface area contributed by atoms with Crippen LogP contribution in [0.4, 0.5) is 4.39 Å². The highest BCUT2D eigenvalue weighted by Gasteiger charge is 2.36. The summed E-state index contributed by atoms with van der Waals surface area (Å²) in [6.45, 7) is 0.0867. The van der Waals surface area contributed by atoms with Gasteiger partial charge in [-0.2, -0.15) is 0 Å². The van der Waals surface area contributed by atoms with E-state index in [4.69, 9.17) is 5.73 Å². The summed E-state index contributed by atoms with van der Waals surface area (Å²) in [6.07, 6.45) is 2.45. The lowest BCUT2D eigenvalue weighted by Gasteiger charge is -2.23. The van der Waals surface area contributed by atoms with Crippen LogP contribution in [0.1, 0.15) is 37.4 Å². The maximum Gasteiger partial charge on any atom is 0.240 e. The molecule has 0 spiro atoms. The van der Waals surface area contributed by atoms with Crippen LogP contribution in [0.3, 0.4) is 0 Å². The third-order valence-electron chi connectivity index (χ3n) is 3.66. The Kier molecular flexibility index (Phi) is 4.17. The number of carbonyl (C=O) groups excluding carboxylic acids is 1. The van der Waals surface area contributed by atoms with E-state index in [9.17, 15) is 14.3 Å². The standard InChI is InChI=1S/C14H19FN2O2/c15-11-5-3-10(4-6-11)12(18)9-17-13(19)14(16)7-1-2-8-14/h3-6,12,18H,1-2,7-9,16H2,(H,17,19). The first-order valence-electron chi connectivity index (χ1n) is 6.52. The summed E-state index contributed by atoms with van der Waals surface area (Å²) in [6, 6.07) is 5.56. The van der Waals surface area contributed by atoms with Crippen molar-refractivity contribution in [1.29, 1.82) is 0 Å². The fraction of sp³-hybridized carbons (Fsp3) is 0.500. The van der Waals surface area contributed by atoms with Crippen molar-refractivity contribution in [2.45, 2.75) is 37.3 Å². The molecular weight excluding hydrogens is 247 g/mol. The predicted molar refractivity (Wildman–Crippen MR) is 69.8 cm³/mol. The molecule has 0 heterocycles. The molecule has 0 saturated heterocycles. The normalized spacial score (nSPS) is 19.1. The van der Waals surface area contributed by atoms with Crippen LogP contribution in [0.15, 0.2) is 24.3 Å². The molecular formula is C14H19FN2O2. The van der Waals surface area contributed by atoms with Gasteiger partial charge in [0.2, 0.25) is 5.91 Å². The predicted octanol–water partition coefficient (Wildman–Crippen LogP) is 1.25. The Bertz CT molecular complexity index is 441. The highest BCUT2D eigenvalue weighted by atomic mass is 19.1. The van der Waals surface area contributed by atoms with E-state index in [0.29, 0.717) is 18.4 Å². The molecule has 0 bridgehead atoms. The zero-order valence-corrected chi connectivity index (χ0v) is 10.7. The van der Waals surface area contributed by atoms with Crippen molar-refractivity contribution in [2.75, 3.05) is 6.54 Å². The molecule has 0 radical (unpaired) electrons. The van der Waals surface area contributed by atoms with E-state index in [1.165, 1.54) is 24.3 Å². The molecule has 0 aromatic heterocycles. The molecule has 1 aromatic rings. The van der Waals surface area contributed by atoms with Crippen molar-refractivity contribution < 1.29 is 14.3 Å². The van der Waals surface area contributed by atoms with Crippen LogP contribution in [-0.2, 0) is 4.79 Å². The molecule has 1 fully saturated rings. The third kappa shape index (κ3) is 3.30. The van der Waals surface area contributed by atoms with Crippen molar-refractivity contribution in [2.24, 2.45) is 5.73 Å². The molecule has 1 unspecified atom stereocenters. The van der Waals surface area contributed by atoms with Crippen molar-refractivity contribution >= 4 is 5.91 Å². The van der Waals surface area contributed by atoms with Gasteiger partial charge in [0.25, 0.3) is 0 Å². The monoisotopic (exact) mass is 266 g/mol. The van der Waals surface area contributed by atoms with Gasteiger partial charge in [-0.15, -0.1) is 0 Å². The molecule has 19 heavy (non-hydrogen) atoms. The molecule has 5 heteroatoms. The van der Waals surface area contributed by atoms with E-state index in [0.717, 1.165) is 12.8 Å². The van der Waals surface area contributed by atoms with Gasteiger partial charge >= 0.3 is 0 Å². The van der Waals surface area contributed by atoms with Gasteiger partial charge in [-0.25, -0.2) is 4.39 Å². The largest absolute Gasteiger partial charge is 0.387 e. The molecule has 1 aliphatic carbocycles. The van der Waals surface area contributed by atoms with Crippen molar-refractivity contribution in [3.05, 3.63) is 35.6 Å². The van der Waals surface area contributed by atoms with Gasteiger partial charge in [0, 0.05) is 6.54 Å². The average molecular weight is 266 g/mol. The minimum atomic E-state index is -0.852. The summed E-state index contributed by atoms with van der Waals surface area (Å²) in [5.74, 6) is -0.571. The lowest BCUT2D eigenvalue weighted by molar-refractivity contribution is -0.126. The van der Waals surface area contributed by atoms with E-state index in [1.807, 2.05) is 0 Å². The number of nitrogens with two attached hydrogens (primary N) is 1. The van der Waals surface area contributed by atoms with Gasteiger partial charge in [0.05, 0.1) is 11.6 Å². The third-order valence-corrected chi connectivity index (χ3v) is 3.66. The van der Waals surface area contributed by atoms with Crippen LogP contribution in [-0.4, -0.2) is 23.1 Å². The van der Waals surface area contributed by atoms with Gasteiger partial charge in [-0.1, -0.05) is 25.0 Å². The number of nitrogens with one attached hydrogen (secondary N) is 1. The van der Waals surface area contributed by atoms with E-state index in [1.54, 1.807) is 0 Å². The molecule has 1 atom stereocenters. The van der Waals surface area contributed by atoms with Gasteiger partial charge in [0.1, 0.15) is 5.82 Å². The average Bonchev–Trinajstić information content (AvgIpc) is 2.84. The van der Waals surface area contributed by atoms with Crippen molar-refractivity contribution in [1.82, 2.24) is 5.32 Å². The zero-order valence-electron chi connectivity index (χ0n) is 10.7. The molecule has 0 aliphatic heterocycles. The van der Waals surface area contributed by atoms with E-state index >= 15 is 0 Å². The highest BCUT2D eigenvalue weighted by molar-refractivity contribution is 5.86. The smallest absolute Gasteiger partial charge is 0.240 e. The molecule has 4 N–H and O–H groups in total. The second kappa shape index (κ2) is 5.67. The minimum absolute atomic E-state index is 0.0867. The Morgan fingerprint density at radius 1 is 1.37 bits per heavy atom. The molecule has 1 aromatic carbocycles. The first-order chi connectivity index (χ1) is 9.01. The Morgan fingerprint density at radius 3 is 2.53 bits per heavy atom. The fourth-order valence-electron chi connectivity index (χ4n) is 2.40. The molecule has 1 amide bonds. The molecule has 4 nitrogen and oxygen atoms in total. The number of benzene rings is 1. The van der Waals surface area contributed by atoms with Crippen molar-refractivity contribution in [3.8, 4) is 0 Å². The minimum Gasteiger partial charge on any atom is -0.387 e. The number of aliphatic hydroxyl groups is 1. The first-order valence-corrected chi connectivity index (χ1v) is 6.52. The summed E-state index contributed by atoms with van der Waals surface area (Å²) in [7, 11) is 0. The fourth-order valence-corrected chi connectivity index (χ4v) is 2.40. The zero-order chi connectivity index (χ0) is 13.9. The maximum atomic E-state index is 12.8. The van der Waals surface area contributed by atoms with Gasteiger partial charge < -0.3 is 16.2 Å². The van der Waals surface area contributed by atoms with E-state index in [2.05, 4.69) is 5.32 Å². The highest BCUT2D eigenvalue weighted by Crippen LogP contribution is 2.27. The first kappa shape index (κ1) is 14.0. The number of amides is 1. The molecule has 104 valence electrons. The number of carbonyl (C=O) groups is 1. The quantitative estimate of drug-likeness (QED) is 0.767. The number of aliphatic hydroxyl groups excluding tert-OH is 1. The second-order valence-corrected chi connectivity index (χ2v) is 5.14. The Hall–Kier alpha value is -1.46. The summed E-state index contributed by atoms with van der Waals surface area (Å²) in [5.41, 5.74) is 5.78. The van der Waals surface area contributed by atoms with Crippen LogP contribution in [0.25, 0.3) is 0 Å². The van der Waals surface area contributed by atoms with Crippen LogP contribution >= 0.6 is 0 Å². The van der Waals surface area contributed by atoms with Crippen LogP contribution in [0, 0.1) is 5.82 Å².